The Balaban J connectivity index is 1.80. The third-order valence-electron chi connectivity index (χ3n) is 2.58. The Morgan fingerprint density at radius 1 is 1.45 bits per heavy atom. The molecule has 20 heavy (non-hydrogen) atoms. The first-order chi connectivity index (χ1) is 9.69. The fourth-order valence-corrected chi connectivity index (χ4v) is 2.28. The van der Waals surface area contributed by atoms with Crippen molar-refractivity contribution in [2.24, 2.45) is 0 Å². The highest BCUT2D eigenvalue weighted by Crippen LogP contribution is 2.17. The van der Waals surface area contributed by atoms with Crippen LogP contribution in [-0.2, 0) is 11.3 Å². The number of hydrogen-bond acceptors (Lipinski definition) is 5. The van der Waals surface area contributed by atoms with Crippen molar-refractivity contribution in [3.8, 4) is 5.75 Å². The van der Waals surface area contributed by atoms with Crippen LogP contribution in [0.3, 0.4) is 0 Å². The standard InChI is InChI=1S/C13H16N4O2S/c1-9-15-13(17-16-9)20-8-12(18)14-7-10-5-3-4-6-11(10)19-2/h3-6H,7-8H2,1-2H3,(H,14,18)(H,15,16,17). The highest BCUT2D eigenvalue weighted by molar-refractivity contribution is 7.99. The predicted molar refractivity (Wildman–Crippen MR) is 76.7 cm³/mol. The second-order valence-electron chi connectivity index (χ2n) is 4.08. The highest BCUT2D eigenvalue weighted by Gasteiger charge is 2.07. The minimum Gasteiger partial charge on any atom is -0.496 e. The van der Waals surface area contributed by atoms with Crippen molar-refractivity contribution in [1.82, 2.24) is 20.5 Å². The average molecular weight is 292 g/mol. The fraction of sp³-hybridized carbons (Fsp3) is 0.308. The molecule has 1 aromatic carbocycles. The van der Waals surface area contributed by atoms with Gasteiger partial charge in [-0.3, -0.25) is 9.89 Å². The van der Waals surface area contributed by atoms with Crippen LogP contribution in [0.25, 0.3) is 0 Å². The monoisotopic (exact) mass is 292 g/mol. The molecule has 6 nitrogen and oxygen atoms in total. The summed E-state index contributed by atoms with van der Waals surface area (Å²) in [4.78, 5) is 15.9. The van der Waals surface area contributed by atoms with Gasteiger partial charge in [-0.15, -0.1) is 5.10 Å². The molecule has 1 aromatic heterocycles. The molecule has 106 valence electrons. The van der Waals surface area contributed by atoms with Gasteiger partial charge in [-0.1, -0.05) is 30.0 Å². The zero-order valence-corrected chi connectivity index (χ0v) is 12.2. The SMILES string of the molecule is COc1ccccc1CNC(=O)CSc1n[nH]c(C)n1. The molecule has 2 aromatic rings. The van der Waals surface area contributed by atoms with Crippen molar-refractivity contribution >= 4 is 17.7 Å². The van der Waals surface area contributed by atoms with Crippen molar-refractivity contribution in [1.29, 1.82) is 0 Å². The van der Waals surface area contributed by atoms with E-state index in [-0.39, 0.29) is 11.7 Å². The molecular formula is C13H16N4O2S. The zero-order valence-electron chi connectivity index (χ0n) is 11.3. The number of aromatic amines is 1. The number of aromatic nitrogens is 3. The van der Waals surface area contributed by atoms with E-state index in [0.717, 1.165) is 17.1 Å². The minimum atomic E-state index is -0.0663. The normalized spacial score (nSPS) is 10.3. The summed E-state index contributed by atoms with van der Waals surface area (Å²) in [6.07, 6.45) is 0. The van der Waals surface area contributed by atoms with Gasteiger partial charge in [0.1, 0.15) is 11.6 Å². The number of hydrogen-bond donors (Lipinski definition) is 2. The molecule has 0 spiro atoms. The number of H-pyrrole nitrogens is 1. The van der Waals surface area contributed by atoms with Gasteiger partial charge in [0.15, 0.2) is 0 Å². The summed E-state index contributed by atoms with van der Waals surface area (Å²) in [6, 6.07) is 7.60. The van der Waals surface area contributed by atoms with Crippen LogP contribution in [0.1, 0.15) is 11.4 Å². The Labute approximate surface area is 121 Å². The number of nitrogens with zero attached hydrogens (tertiary/aromatic N) is 2. The first-order valence-electron chi connectivity index (χ1n) is 6.09. The van der Waals surface area contributed by atoms with E-state index in [9.17, 15) is 4.79 Å². The molecule has 0 atom stereocenters. The lowest BCUT2D eigenvalue weighted by Crippen LogP contribution is -2.24. The summed E-state index contributed by atoms with van der Waals surface area (Å²) in [5, 5.41) is 10.1. The van der Waals surface area contributed by atoms with Gasteiger partial charge in [-0.2, -0.15) is 0 Å². The topological polar surface area (TPSA) is 79.9 Å². The third kappa shape index (κ3) is 3.99. The minimum absolute atomic E-state index is 0.0663. The molecule has 1 heterocycles. The van der Waals surface area contributed by atoms with E-state index in [1.165, 1.54) is 11.8 Å². The fourth-order valence-electron chi connectivity index (χ4n) is 1.61. The number of rotatable bonds is 6. The van der Waals surface area contributed by atoms with Crippen molar-refractivity contribution in [3.63, 3.8) is 0 Å². The maximum atomic E-state index is 11.8. The van der Waals surface area contributed by atoms with Gasteiger partial charge in [0.05, 0.1) is 12.9 Å². The summed E-state index contributed by atoms with van der Waals surface area (Å²) >= 11 is 1.30. The van der Waals surface area contributed by atoms with Gasteiger partial charge in [0, 0.05) is 12.1 Å². The Morgan fingerprint density at radius 2 is 2.25 bits per heavy atom. The Kier molecular flexibility index (Phi) is 5.00. The number of thioether (sulfide) groups is 1. The number of amides is 1. The van der Waals surface area contributed by atoms with E-state index in [4.69, 9.17) is 4.74 Å². The molecule has 0 bridgehead atoms. The highest BCUT2D eigenvalue weighted by atomic mass is 32.2. The number of carbonyl (C=O) groups is 1. The van der Waals surface area contributed by atoms with E-state index in [1.807, 2.05) is 31.2 Å². The van der Waals surface area contributed by atoms with Crippen molar-refractivity contribution in [3.05, 3.63) is 35.7 Å². The summed E-state index contributed by atoms with van der Waals surface area (Å²) < 4.78 is 5.23. The van der Waals surface area contributed by atoms with Crippen molar-refractivity contribution in [2.45, 2.75) is 18.6 Å². The number of benzene rings is 1. The van der Waals surface area contributed by atoms with Crippen LogP contribution in [0.15, 0.2) is 29.4 Å². The Morgan fingerprint density at radius 3 is 2.95 bits per heavy atom. The van der Waals surface area contributed by atoms with Gasteiger partial charge < -0.3 is 10.1 Å². The second kappa shape index (κ2) is 6.95. The molecule has 0 unspecified atom stereocenters. The van der Waals surface area contributed by atoms with Crippen LogP contribution >= 0.6 is 11.8 Å². The van der Waals surface area contributed by atoms with Crippen LogP contribution in [-0.4, -0.2) is 34.0 Å². The molecule has 2 N–H and O–H groups in total. The Bertz CT molecular complexity index is 585. The molecule has 7 heteroatoms. The number of methoxy groups -OCH3 is 1. The van der Waals surface area contributed by atoms with Gasteiger partial charge in [-0.25, -0.2) is 4.98 Å². The molecular weight excluding hydrogens is 276 g/mol. The van der Waals surface area contributed by atoms with E-state index >= 15 is 0 Å². The Hall–Kier alpha value is -2.02. The maximum absolute atomic E-state index is 11.8. The molecule has 1 amide bonds. The van der Waals surface area contributed by atoms with Crippen LogP contribution < -0.4 is 10.1 Å². The molecule has 2 rings (SSSR count). The maximum Gasteiger partial charge on any atom is 0.230 e. The number of nitrogens with one attached hydrogen (secondary N) is 2. The van der Waals surface area contributed by atoms with Gasteiger partial charge in [-0.05, 0) is 13.0 Å². The summed E-state index contributed by atoms with van der Waals surface area (Å²) in [5.74, 6) is 1.72. The predicted octanol–water partition coefficient (Wildman–Crippen LogP) is 1.53. The quantitative estimate of drug-likeness (QED) is 0.789. The smallest absolute Gasteiger partial charge is 0.230 e. The van der Waals surface area contributed by atoms with E-state index in [2.05, 4.69) is 20.5 Å². The average Bonchev–Trinajstić information content (AvgIpc) is 2.89. The van der Waals surface area contributed by atoms with Crippen molar-refractivity contribution < 1.29 is 9.53 Å². The van der Waals surface area contributed by atoms with Gasteiger partial charge in [0.25, 0.3) is 0 Å². The molecule has 0 saturated heterocycles. The first kappa shape index (κ1) is 14.4. The summed E-state index contributed by atoms with van der Waals surface area (Å²) in [7, 11) is 1.61. The largest absolute Gasteiger partial charge is 0.496 e. The summed E-state index contributed by atoms with van der Waals surface area (Å²) in [6.45, 7) is 2.26. The molecule has 0 fully saturated rings. The molecule has 0 aliphatic rings. The molecule has 0 aliphatic heterocycles. The third-order valence-corrected chi connectivity index (χ3v) is 3.42. The van der Waals surface area contributed by atoms with Crippen LogP contribution in [0.4, 0.5) is 0 Å². The first-order valence-corrected chi connectivity index (χ1v) is 7.08. The number of carbonyl (C=O) groups excluding carboxylic acids is 1. The number of ether oxygens (including phenoxy) is 1. The van der Waals surface area contributed by atoms with Gasteiger partial charge in [0.2, 0.25) is 11.1 Å². The zero-order chi connectivity index (χ0) is 14.4. The lowest BCUT2D eigenvalue weighted by Gasteiger charge is -2.08. The van der Waals surface area contributed by atoms with E-state index in [0.29, 0.717) is 11.7 Å². The van der Waals surface area contributed by atoms with E-state index < -0.39 is 0 Å². The van der Waals surface area contributed by atoms with Crippen molar-refractivity contribution in [2.75, 3.05) is 12.9 Å². The molecule has 0 aliphatic carbocycles. The van der Waals surface area contributed by atoms with E-state index in [1.54, 1.807) is 7.11 Å². The second-order valence-corrected chi connectivity index (χ2v) is 5.02. The molecule has 0 saturated carbocycles. The van der Waals surface area contributed by atoms with Gasteiger partial charge >= 0.3 is 0 Å². The van der Waals surface area contributed by atoms with Crippen LogP contribution in [0.2, 0.25) is 0 Å². The number of para-hydroxylation sites is 1. The van der Waals surface area contributed by atoms with Crippen LogP contribution in [0, 0.1) is 6.92 Å². The lowest BCUT2D eigenvalue weighted by atomic mass is 10.2. The lowest BCUT2D eigenvalue weighted by molar-refractivity contribution is -0.118. The summed E-state index contributed by atoms with van der Waals surface area (Å²) in [5.41, 5.74) is 0.946. The van der Waals surface area contributed by atoms with Crippen LogP contribution in [0.5, 0.6) is 5.75 Å². The number of aryl methyl sites for hydroxylation is 1. The molecule has 0 radical (unpaired) electrons.